The molecule has 0 aliphatic carbocycles. The van der Waals surface area contributed by atoms with Crippen LogP contribution in [0, 0.1) is 83.7 Å². The van der Waals surface area contributed by atoms with Crippen LogP contribution < -0.4 is 0 Å². The van der Waals surface area contributed by atoms with E-state index < -0.39 is 0 Å². The number of hydrogen-bond donors (Lipinski definition) is 0. The van der Waals surface area contributed by atoms with Gasteiger partial charge in [0.15, 0.2) is 0 Å². The second-order valence-corrected chi connectivity index (χ2v) is 11.8. The van der Waals surface area contributed by atoms with Gasteiger partial charge in [-0.1, -0.05) is 0 Å². The van der Waals surface area contributed by atoms with Crippen LogP contribution in [0.1, 0.15) is 104 Å². The third kappa shape index (κ3) is 141. The summed E-state index contributed by atoms with van der Waals surface area (Å²) in [6.45, 7) is 30.2. The standard InChI is InChI=1S/5C5H9N.CH2O.W/c5*1-5(2,3)4-6;1-2;/h5*1-3H3;1H2;. The van der Waals surface area contributed by atoms with E-state index in [0.29, 0.717) is 0 Å². The second kappa shape index (κ2) is 23.0. The van der Waals surface area contributed by atoms with E-state index in [4.69, 9.17) is 31.1 Å². The van der Waals surface area contributed by atoms with Crippen LogP contribution >= 0.6 is 0 Å². The normalized spacial score (nSPS) is 9.52. The maximum Gasteiger partial charge on any atom is 0.106 e. The van der Waals surface area contributed by atoms with Crippen molar-refractivity contribution in [3.63, 3.8) is 0 Å². The predicted octanol–water partition coefficient (Wildman–Crippen LogP) is 7.59. The largest absolute Gasteiger partial charge is 0.307 e. The molecule has 0 heterocycles. The number of carbonyl (C=O) groups excluding carboxylic acids is 1. The predicted molar refractivity (Wildman–Crippen MR) is 132 cm³/mol. The Morgan fingerprint density at radius 2 is 0.394 bits per heavy atom. The summed E-state index contributed by atoms with van der Waals surface area (Å²) in [5.41, 5.74) is -0.764. The molecule has 0 saturated heterocycles. The molecule has 33 heavy (non-hydrogen) atoms. The molecule has 0 aromatic carbocycles. The molecule has 0 fully saturated rings. The average molecular weight is 630 g/mol. The monoisotopic (exact) mass is 629 g/mol. The zero-order valence-corrected chi connectivity index (χ0v) is 26.7. The van der Waals surface area contributed by atoms with Crippen LogP contribution in [0.2, 0.25) is 0 Å². The van der Waals surface area contributed by atoms with Crippen molar-refractivity contribution in [1.29, 1.82) is 26.3 Å². The van der Waals surface area contributed by atoms with Gasteiger partial charge in [-0.25, -0.2) is 0 Å². The number of nitrogens with zero attached hydrogens (tertiary/aromatic N) is 5. The molecule has 0 bridgehead atoms. The first-order chi connectivity index (χ1) is 13.8. The first-order valence-corrected chi connectivity index (χ1v) is 10.2. The Kier molecular flexibility index (Phi) is 33.6. The Morgan fingerprint density at radius 3 is 0.394 bits per heavy atom. The van der Waals surface area contributed by atoms with Gasteiger partial charge in [0.1, 0.15) is 6.79 Å². The van der Waals surface area contributed by atoms with E-state index in [0.717, 1.165) is 0 Å². The maximum atomic E-state index is 8.15. The SMILES string of the molecule is C=O.CC(C)(C)C#N.CC(C)(C)C#N.CC(C)(C)C#N.CC(C)(C)C#N.CC(C)(C)C#N.[W]. The van der Waals surface area contributed by atoms with Crippen molar-refractivity contribution in [2.75, 3.05) is 0 Å². The fraction of sp³-hybridized carbons (Fsp3) is 0.769. The maximum absolute atomic E-state index is 8.15. The fourth-order valence-corrected chi connectivity index (χ4v) is 0. The first kappa shape index (κ1) is 48.3. The molecular weight excluding hydrogens is 582 g/mol. The van der Waals surface area contributed by atoms with Gasteiger partial charge in [0.25, 0.3) is 0 Å². The smallest absolute Gasteiger partial charge is 0.106 e. The molecule has 0 aromatic rings. The van der Waals surface area contributed by atoms with E-state index >= 15 is 0 Å². The van der Waals surface area contributed by atoms with Crippen molar-refractivity contribution >= 4 is 6.79 Å². The summed E-state index contributed by atoms with van der Waals surface area (Å²) >= 11 is 0. The molecule has 0 rings (SSSR count). The third-order valence-corrected chi connectivity index (χ3v) is 1.68. The van der Waals surface area contributed by atoms with Crippen molar-refractivity contribution in [3.05, 3.63) is 0 Å². The zero-order chi connectivity index (χ0) is 28.0. The molecule has 0 aliphatic rings. The summed E-state index contributed by atoms with van der Waals surface area (Å²) in [5.74, 6) is 0. The van der Waals surface area contributed by atoms with E-state index in [-0.39, 0.29) is 48.1 Å². The summed E-state index contributed by atoms with van der Waals surface area (Å²) in [6, 6.07) is 10.5. The quantitative estimate of drug-likeness (QED) is 0.271. The molecule has 0 radical (unpaired) electrons. The Balaban J connectivity index is -0.0000000498. The van der Waals surface area contributed by atoms with Gasteiger partial charge in [-0.2, -0.15) is 26.3 Å². The molecule has 0 N–H and O–H groups in total. The second-order valence-electron chi connectivity index (χ2n) is 11.8. The number of hydrogen-bond acceptors (Lipinski definition) is 6. The van der Waals surface area contributed by atoms with E-state index in [2.05, 4.69) is 30.3 Å². The molecular formula is C26H47N5OW. The topological polar surface area (TPSA) is 136 Å². The van der Waals surface area contributed by atoms with Crippen LogP contribution in [0.15, 0.2) is 0 Å². The van der Waals surface area contributed by atoms with Crippen LogP contribution in [0.4, 0.5) is 0 Å². The van der Waals surface area contributed by atoms with Gasteiger partial charge < -0.3 is 4.79 Å². The zero-order valence-electron chi connectivity index (χ0n) is 23.8. The Morgan fingerprint density at radius 1 is 0.364 bits per heavy atom. The molecule has 0 atom stereocenters. The number of carbonyl (C=O) groups is 1. The molecule has 0 aliphatic heterocycles. The van der Waals surface area contributed by atoms with Gasteiger partial charge >= 0.3 is 0 Å². The summed E-state index contributed by atoms with van der Waals surface area (Å²) < 4.78 is 0. The van der Waals surface area contributed by atoms with Crippen LogP contribution in [0.5, 0.6) is 0 Å². The van der Waals surface area contributed by atoms with Crippen molar-refractivity contribution in [2.45, 2.75) is 104 Å². The molecule has 0 saturated carbocycles. The Hall–Kier alpha value is -2.19. The van der Waals surface area contributed by atoms with E-state index in [1.165, 1.54) is 0 Å². The van der Waals surface area contributed by atoms with Crippen molar-refractivity contribution in [2.24, 2.45) is 27.1 Å². The fourth-order valence-electron chi connectivity index (χ4n) is 0. The minimum atomic E-state index is -0.153. The van der Waals surface area contributed by atoms with Crippen molar-refractivity contribution in [1.82, 2.24) is 0 Å². The molecule has 0 amide bonds. The summed E-state index contributed by atoms with van der Waals surface area (Å²) in [5, 5.41) is 40.8. The number of rotatable bonds is 0. The minimum absolute atomic E-state index is 0. The molecule has 0 spiro atoms. The van der Waals surface area contributed by atoms with Gasteiger partial charge in [-0.15, -0.1) is 0 Å². The number of nitriles is 5. The molecule has 0 unspecified atom stereocenters. The van der Waals surface area contributed by atoms with Crippen LogP contribution in [-0.4, -0.2) is 6.79 Å². The van der Waals surface area contributed by atoms with Crippen LogP contribution in [0.3, 0.4) is 0 Å². The van der Waals surface area contributed by atoms with Crippen molar-refractivity contribution < 1.29 is 25.9 Å². The summed E-state index contributed by atoms with van der Waals surface area (Å²) in [4.78, 5) is 8.00. The van der Waals surface area contributed by atoms with Gasteiger partial charge in [0.2, 0.25) is 0 Å². The minimum Gasteiger partial charge on any atom is -0.307 e. The van der Waals surface area contributed by atoms with Gasteiger partial charge in [-0.3, -0.25) is 0 Å². The Bertz CT molecular complexity index is 522. The third-order valence-electron chi connectivity index (χ3n) is 1.68. The van der Waals surface area contributed by atoms with Crippen LogP contribution in [0.25, 0.3) is 0 Å². The molecule has 7 heteroatoms. The average Bonchev–Trinajstić information content (AvgIpc) is 2.62. The van der Waals surface area contributed by atoms with Crippen LogP contribution in [-0.2, 0) is 25.9 Å². The van der Waals surface area contributed by atoms with Gasteiger partial charge in [-0.05, 0) is 104 Å². The van der Waals surface area contributed by atoms with Gasteiger partial charge in [0, 0.05) is 48.1 Å². The first-order valence-electron chi connectivity index (χ1n) is 10.2. The van der Waals surface area contributed by atoms with E-state index in [1.807, 2.05) is 111 Å². The van der Waals surface area contributed by atoms with E-state index in [9.17, 15) is 0 Å². The summed E-state index contributed by atoms with van der Waals surface area (Å²) in [6.07, 6.45) is 0. The Labute approximate surface area is 219 Å². The van der Waals surface area contributed by atoms with Gasteiger partial charge in [0.05, 0.1) is 30.3 Å². The molecule has 188 valence electrons. The summed E-state index contributed by atoms with van der Waals surface area (Å²) in [7, 11) is 0. The molecule has 0 aromatic heterocycles. The molecule has 6 nitrogen and oxygen atoms in total. The van der Waals surface area contributed by atoms with E-state index in [1.54, 1.807) is 0 Å². The van der Waals surface area contributed by atoms with Crippen molar-refractivity contribution in [3.8, 4) is 30.3 Å².